The fourth-order valence-electron chi connectivity index (χ4n) is 2.02. The first-order valence-electron chi connectivity index (χ1n) is 6.14. The number of ether oxygens (including phenoxy) is 1. The van der Waals surface area contributed by atoms with Crippen LogP contribution in [0.5, 0.6) is 11.5 Å². The molecular formula is C15H14N2O2. The van der Waals surface area contributed by atoms with Gasteiger partial charge >= 0.3 is 0 Å². The Morgan fingerprint density at radius 2 is 1.79 bits per heavy atom. The van der Waals surface area contributed by atoms with Gasteiger partial charge in [-0.25, -0.2) is 0 Å². The van der Waals surface area contributed by atoms with Crippen LogP contribution in [0.1, 0.15) is 0 Å². The van der Waals surface area contributed by atoms with E-state index in [1.165, 1.54) is 0 Å². The monoisotopic (exact) mass is 254 g/mol. The molecule has 19 heavy (non-hydrogen) atoms. The summed E-state index contributed by atoms with van der Waals surface area (Å²) in [4.78, 5) is 13.2. The summed E-state index contributed by atoms with van der Waals surface area (Å²) in [5.41, 5.74) is 6.41. The summed E-state index contributed by atoms with van der Waals surface area (Å²) in [6.07, 6.45) is 0. The lowest BCUT2D eigenvalue weighted by molar-refractivity contribution is -0.123. The molecule has 3 rings (SSSR count). The van der Waals surface area contributed by atoms with Crippen molar-refractivity contribution in [2.24, 2.45) is 5.73 Å². The van der Waals surface area contributed by atoms with E-state index in [0.29, 0.717) is 12.3 Å². The smallest absolute Gasteiger partial charge is 0.245 e. The second kappa shape index (κ2) is 4.74. The molecule has 0 radical (unpaired) electrons. The van der Waals surface area contributed by atoms with Gasteiger partial charge in [0.25, 0.3) is 0 Å². The van der Waals surface area contributed by atoms with Crippen LogP contribution in [0.3, 0.4) is 0 Å². The number of nitrogens with zero attached hydrogens (tertiary/aromatic N) is 1. The Hall–Kier alpha value is -2.33. The van der Waals surface area contributed by atoms with Crippen LogP contribution in [0.15, 0.2) is 54.6 Å². The highest BCUT2D eigenvalue weighted by molar-refractivity contribution is 6.03. The molecule has 4 heteroatoms. The first-order chi connectivity index (χ1) is 9.24. The summed E-state index contributed by atoms with van der Waals surface area (Å²) >= 11 is 0. The molecule has 0 aromatic heterocycles. The van der Waals surface area contributed by atoms with Gasteiger partial charge in [0, 0.05) is 11.8 Å². The number of nitrogens with two attached hydrogens (primary N) is 1. The first kappa shape index (κ1) is 11.7. The van der Waals surface area contributed by atoms with Crippen molar-refractivity contribution in [3.63, 3.8) is 0 Å². The third kappa shape index (κ3) is 2.30. The summed E-state index contributed by atoms with van der Waals surface area (Å²) in [5.74, 6) is 1.43. The van der Waals surface area contributed by atoms with E-state index in [4.69, 9.17) is 10.5 Å². The van der Waals surface area contributed by atoms with Gasteiger partial charge in [-0.3, -0.25) is 4.79 Å². The van der Waals surface area contributed by atoms with Crippen LogP contribution in [0.4, 0.5) is 5.69 Å². The molecule has 4 nitrogen and oxygen atoms in total. The van der Waals surface area contributed by atoms with Crippen LogP contribution >= 0.6 is 0 Å². The standard InChI is InChI=1S/C15H14N2O2/c16-14-10-17(15(14)18)11-5-4-8-13(9-11)19-12-6-2-1-3-7-12/h1-9,14H,10,16H2. The van der Waals surface area contributed by atoms with Gasteiger partial charge in [-0.2, -0.15) is 0 Å². The van der Waals surface area contributed by atoms with Gasteiger partial charge in [-0.05, 0) is 24.3 Å². The van der Waals surface area contributed by atoms with Crippen molar-refractivity contribution in [3.05, 3.63) is 54.6 Å². The molecule has 0 bridgehead atoms. The zero-order valence-electron chi connectivity index (χ0n) is 10.3. The number of hydrogen-bond acceptors (Lipinski definition) is 3. The Morgan fingerprint density at radius 3 is 2.47 bits per heavy atom. The SMILES string of the molecule is NC1CN(c2cccc(Oc3ccccc3)c2)C1=O. The minimum atomic E-state index is -0.362. The molecule has 1 unspecified atom stereocenters. The molecule has 1 aliphatic rings. The zero-order valence-corrected chi connectivity index (χ0v) is 10.3. The highest BCUT2D eigenvalue weighted by Gasteiger charge is 2.34. The van der Waals surface area contributed by atoms with Crippen molar-refractivity contribution >= 4 is 11.6 Å². The van der Waals surface area contributed by atoms with E-state index in [9.17, 15) is 4.79 Å². The summed E-state index contributed by atoms with van der Waals surface area (Å²) < 4.78 is 5.73. The quantitative estimate of drug-likeness (QED) is 0.854. The molecule has 2 aromatic carbocycles. The van der Waals surface area contributed by atoms with Crippen LogP contribution < -0.4 is 15.4 Å². The third-order valence-electron chi connectivity index (χ3n) is 3.07. The molecule has 1 aliphatic heterocycles. The molecule has 1 saturated heterocycles. The lowest BCUT2D eigenvalue weighted by atomic mass is 10.1. The second-order valence-electron chi connectivity index (χ2n) is 4.47. The Bertz CT molecular complexity index is 598. The average molecular weight is 254 g/mol. The molecular weight excluding hydrogens is 240 g/mol. The Morgan fingerprint density at radius 1 is 1.05 bits per heavy atom. The molecule has 0 aliphatic carbocycles. The lowest BCUT2D eigenvalue weighted by Crippen LogP contribution is -2.61. The van der Waals surface area contributed by atoms with Crippen molar-refractivity contribution < 1.29 is 9.53 Å². The van der Waals surface area contributed by atoms with Crippen LogP contribution in [0.25, 0.3) is 0 Å². The van der Waals surface area contributed by atoms with Crippen molar-refractivity contribution in [3.8, 4) is 11.5 Å². The van der Waals surface area contributed by atoms with Gasteiger partial charge in [0.05, 0.1) is 6.54 Å². The topological polar surface area (TPSA) is 55.6 Å². The van der Waals surface area contributed by atoms with Crippen molar-refractivity contribution in [1.82, 2.24) is 0 Å². The second-order valence-corrected chi connectivity index (χ2v) is 4.47. The number of carbonyl (C=O) groups excluding carboxylic acids is 1. The molecule has 1 amide bonds. The van der Waals surface area contributed by atoms with Gasteiger partial charge in [0.15, 0.2) is 0 Å². The Kier molecular flexibility index (Phi) is 2.93. The van der Waals surface area contributed by atoms with Gasteiger partial charge in [-0.15, -0.1) is 0 Å². The molecule has 1 fully saturated rings. The van der Waals surface area contributed by atoms with Crippen LogP contribution in [-0.2, 0) is 4.79 Å². The predicted molar refractivity (Wildman–Crippen MR) is 73.3 cm³/mol. The minimum absolute atomic E-state index is 0.0446. The van der Waals surface area contributed by atoms with Crippen molar-refractivity contribution in [1.29, 1.82) is 0 Å². The fourth-order valence-corrected chi connectivity index (χ4v) is 2.02. The number of benzene rings is 2. The number of rotatable bonds is 3. The maximum atomic E-state index is 11.6. The van der Waals surface area contributed by atoms with E-state index < -0.39 is 0 Å². The van der Waals surface area contributed by atoms with Crippen molar-refractivity contribution in [2.45, 2.75) is 6.04 Å². The van der Waals surface area contributed by atoms with Gasteiger partial charge in [0.2, 0.25) is 5.91 Å². The maximum absolute atomic E-state index is 11.6. The van der Waals surface area contributed by atoms with Crippen molar-refractivity contribution in [2.75, 3.05) is 11.4 Å². The number of para-hydroxylation sites is 1. The fraction of sp³-hybridized carbons (Fsp3) is 0.133. The maximum Gasteiger partial charge on any atom is 0.245 e. The van der Waals surface area contributed by atoms with E-state index in [1.54, 1.807) is 4.90 Å². The summed E-state index contributed by atoms with van der Waals surface area (Å²) in [7, 11) is 0. The zero-order chi connectivity index (χ0) is 13.2. The lowest BCUT2D eigenvalue weighted by Gasteiger charge is -2.36. The van der Waals surface area contributed by atoms with Gasteiger partial charge < -0.3 is 15.4 Å². The van der Waals surface area contributed by atoms with Gasteiger partial charge in [0.1, 0.15) is 17.5 Å². The molecule has 96 valence electrons. The average Bonchev–Trinajstić information content (AvgIpc) is 2.45. The molecule has 2 aromatic rings. The van der Waals surface area contributed by atoms with E-state index >= 15 is 0 Å². The Balaban J connectivity index is 1.79. The highest BCUT2D eigenvalue weighted by atomic mass is 16.5. The molecule has 1 heterocycles. The summed E-state index contributed by atoms with van der Waals surface area (Å²) in [6.45, 7) is 0.563. The number of carbonyl (C=O) groups is 1. The highest BCUT2D eigenvalue weighted by Crippen LogP contribution is 2.28. The van der Waals surface area contributed by atoms with E-state index in [2.05, 4.69) is 0 Å². The van der Waals surface area contributed by atoms with Crippen LogP contribution in [0, 0.1) is 0 Å². The number of anilines is 1. The Labute approximate surface area is 111 Å². The predicted octanol–water partition coefficient (Wildman–Crippen LogP) is 2.15. The number of amides is 1. The minimum Gasteiger partial charge on any atom is -0.457 e. The third-order valence-corrected chi connectivity index (χ3v) is 3.07. The molecule has 2 N–H and O–H groups in total. The van der Waals surface area contributed by atoms with Gasteiger partial charge in [-0.1, -0.05) is 24.3 Å². The van der Waals surface area contributed by atoms with E-state index in [0.717, 1.165) is 11.4 Å². The number of β-lactam (4-membered cyclic amide) rings is 1. The number of hydrogen-bond donors (Lipinski definition) is 1. The van der Waals surface area contributed by atoms with Crippen LogP contribution in [0.2, 0.25) is 0 Å². The molecule has 0 spiro atoms. The summed E-state index contributed by atoms with van der Waals surface area (Å²) in [6, 6.07) is 16.6. The van der Waals surface area contributed by atoms with E-state index in [-0.39, 0.29) is 11.9 Å². The normalized spacial score (nSPS) is 18.1. The van der Waals surface area contributed by atoms with Crippen LogP contribution in [-0.4, -0.2) is 18.5 Å². The largest absolute Gasteiger partial charge is 0.457 e. The molecule has 0 saturated carbocycles. The molecule has 1 atom stereocenters. The van der Waals surface area contributed by atoms with E-state index in [1.807, 2.05) is 54.6 Å². The first-order valence-corrected chi connectivity index (χ1v) is 6.14. The summed E-state index contributed by atoms with van der Waals surface area (Å²) in [5, 5.41) is 0.